The lowest BCUT2D eigenvalue weighted by Gasteiger charge is -2.14. The van der Waals surface area contributed by atoms with Gasteiger partial charge in [0.15, 0.2) is 5.82 Å². The van der Waals surface area contributed by atoms with E-state index in [0.29, 0.717) is 5.82 Å². The maximum atomic E-state index is 5.24. The first-order chi connectivity index (χ1) is 23.8. The highest BCUT2D eigenvalue weighted by molar-refractivity contribution is 6.22. The Labute approximate surface area is 278 Å². The van der Waals surface area contributed by atoms with Gasteiger partial charge >= 0.3 is 0 Å². The van der Waals surface area contributed by atoms with Gasteiger partial charge in [0.2, 0.25) is 0 Å². The third-order valence-corrected chi connectivity index (χ3v) is 9.05. The van der Waals surface area contributed by atoms with E-state index in [4.69, 9.17) is 15.0 Å². The Morgan fingerprint density at radius 3 is 1.56 bits per heavy atom. The predicted octanol–water partition coefficient (Wildman–Crippen LogP) is 11.7. The molecule has 0 fully saturated rings. The van der Waals surface area contributed by atoms with Crippen molar-refractivity contribution >= 4 is 32.4 Å². The summed E-state index contributed by atoms with van der Waals surface area (Å²) in [5.74, 6) is 0.697. The minimum absolute atomic E-state index is 0.697. The molecule has 0 N–H and O–H groups in total. The highest BCUT2D eigenvalue weighted by Gasteiger charge is 2.15. The van der Waals surface area contributed by atoms with Gasteiger partial charge in [0.05, 0.1) is 22.6 Å². The summed E-state index contributed by atoms with van der Waals surface area (Å²) >= 11 is 0. The Kier molecular flexibility index (Phi) is 6.80. The van der Waals surface area contributed by atoms with E-state index < -0.39 is 0 Å². The molecule has 0 spiro atoms. The van der Waals surface area contributed by atoms with E-state index in [-0.39, 0.29) is 0 Å². The van der Waals surface area contributed by atoms with Crippen molar-refractivity contribution in [3.8, 4) is 56.3 Å². The molecule has 0 saturated heterocycles. The van der Waals surface area contributed by atoms with Crippen molar-refractivity contribution in [2.24, 2.45) is 0 Å². The normalized spacial score (nSPS) is 11.3. The van der Waals surface area contributed by atoms with E-state index in [1.165, 1.54) is 21.5 Å². The Balaban J connectivity index is 1.18. The Bertz CT molecular complexity index is 2540. The van der Waals surface area contributed by atoms with Crippen LogP contribution < -0.4 is 0 Å². The van der Waals surface area contributed by atoms with Crippen LogP contribution in [0.15, 0.2) is 176 Å². The second-order valence-electron chi connectivity index (χ2n) is 12.0. The number of aromatic nitrogens is 3. The fourth-order valence-corrected chi connectivity index (χ4v) is 6.72. The monoisotopic (exact) mass is 611 g/mol. The first-order valence-electron chi connectivity index (χ1n) is 16.2. The summed E-state index contributed by atoms with van der Waals surface area (Å²) in [7, 11) is 0. The number of hydrogen-bond donors (Lipinski definition) is 0. The molecule has 2 heterocycles. The van der Waals surface area contributed by atoms with Crippen LogP contribution in [0, 0.1) is 0 Å². The summed E-state index contributed by atoms with van der Waals surface area (Å²) in [6, 6.07) is 61.4. The molecule has 9 rings (SSSR count). The molecule has 2 aromatic heterocycles. The van der Waals surface area contributed by atoms with Gasteiger partial charge in [-0.2, -0.15) is 0 Å². The molecule has 3 nitrogen and oxygen atoms in total. The molecule has 0 saturated carbocycles. The molecule has 224 valence electrons. The molecule has 0 atom stereocenters. The summed E-state index contributed by atoms with van der Waals surface area (Å²) in [4.78, 5) is 15.4. The van der Waals surface area contributed by atoms with Gasteiger partial charge < -0.3 is 0 Å². The van der Waals surface area contributed by atoms with E-state index in [1.54, 1.807) is 0 Å². The number of benzene rings is 7. The first kappa shape index (κ1) is 27.8. The lowest BCUT2D eigenvalue weighted by molar-refractivity contribution is 1.18. The average Bonchev–Trinajstić information content (AvgIpc) is 3.18. The highest BCUT2D eigenvalue weighted by Crippen LogP contribution is 2.38. The van der Waals surface area contributed by atoms with Crippen molar-refractivity contribution in [1.29, 1.82) is 0 Å². The Morgan fingerprint density at radius 1 is 0.312 bits per heavy atom. The van der Waals surface area contributed by atoms with Crippen LogP contribution in [0.5, 0.6) is 0 Å². The summed E-state index contributed by atoms with van der Waals surface area (Å²) in [6.07, 6.45) is 0. The lowest BCUT2D eigenvalue weighted by Crippen LogP contribution is -1.96. The predicted molar refractivity (Wildman–Crippen MR) is 200 cm³/mol. The van der Waals surface area contributed by atoms with Crippen LogP contribution in [0.2, 0.25) is 0 Å². The topological polar surface area (TPSA) is 38.7 Å². The summed E-state index contributed by atoms with van der Waals surface area (Å²) in [5.41, 5.74) is 10.1. The van der Waals surface area contributed by atoms with Crippen LogP contribution in [-0.4, -0.2) is 15.0 Å². The molecule has 0 radical (unpaired) electrons. The van der Waals surface area contributed by atoms with Crippen molar-refractivity contribution in [2.45, 2.75) is 0 Å². The number of fused-ring (bicyclic) bond motifs is 5. The largest absolute Gasteiger partial charge is 0.247 e. The number of pyridine rings is 1. The van der Waals surface area contributed by atoms with Crippen LogP contribution in [0.3, 0.4) is 0 Å². The van der Waals surface area contributed by atoms with Crippen LogP contribution in [-0.2, 0) is 0 Å². The highest BCUT2D eigenvalue weighted by atomic mass is 14.9. The van der Waals surface area contributed by atoms with Gasteiger partial charge in [-0.25, -0.2) is 15.0 Å². The van der Waals surface area contributed by atoms with Crippen LogP contribution in [0.4, 0.5) is 0 Å². The number of nitrogens with zero attached hydrogens (tertiary/aromatic N) is 3. The third kappa shape index (κ3) is 4.99. The zero-order valence-corrected chi connectivity index (χ0v) is 26.1. The number of para-hydroxylation sites is 1. The summed E-state index contributed by atoms with van der Waals surface area (Å²) in [5, 5.41) is 6.03. The smallest absolute Gasteiger partial charge is 0.160 e. The lowest BCUT2D eigenvalue weighted by atomic mass is 9.94. The zero-order valence-electron chi connectivity index (χ0n) is 26.1. The van der Waals surface area contributed by atoms with Crippen molar-refractivity contribution in [3.05, 3.63) is 176 Å². The van der Waals surface area contributed by atoms with E-state index >= 15 is 0 Å². The van der Waals surface area contributed by atoms with E-state index in [9.17, 15) is 0 Å². The van der Waals surface area contributed by atoms with Gasteiger partial charge in [-0.3, -0.25) is 0 Å². The Morgan fingerprint density at radius 2 is 0.854 bits per heavy atom. The standard InChI is InChI=1S/C45H29N3/c1-3-14-31(15-4-1)41-29-42(32-16-5-2-6-17-32)48-45(47-41)36-21-12-19-34(28-36)33-18-11-20-35(27-33)44-39-26-25-30-13-7-8-22-37(30)43(39)38-23-9-10-24-40(38)46-44/h1-29H. The first-order valence-corrected chi connectivity index (χ1v) is 16.2. The van der Waals surface area contributed by atoms with Gasteiger partial charge in [0.25, 0.3) is 0 Å². The molecule has 0 aliphatic heterocycles. The van der Waals surface area contributed by atoms with Crippen LogP contribution >= 0.6 is 0 Å². The van der Waals surface area contributed by atoms with Crippen LogP contribution in [0.1, 0.15) is 0 Å². The third-order valence-electron chi connectivity index (χ3n) is 9.05. The summed E-state index contributed by atoms with van der Waals surface area (Å²) < 4.78 is 0. The van der Waals surface area contributed by atoms with E-state index in [2.05, 4.69) is 140 Å². The molecule has 0 aliphatic rings. The maximum absolute atomic E-state index is 5.24. The van der Waals surface area contributed by atoms with Crippen molar-refractivity contribution in [1.82, 2.24) is 15.0 Å². The van der Waals surface area contributed by atoms with Crippen LogP contribution in [0.25, 0.3) is 88.7 Å². The van der Waals surface area contributed by atoms with E-state index in [0.717, 1.165) is 61.4 Å². The van der Waals surface area contributed by atoms with Gasteiger partial charge in [-0.1, -0.05) is 152 Å². The molecule has 9 aromatic rings. The van der Waals surface area contributed by atoms with Crippen molar-refractivity contribution in [3.63, 3.8) is 0 Å². The van der Waals surface area contributed by atoms with Gasteiger partial charge in [-0.05, 0) is 46.2 Å². The molecule has 48 heavy (non-hydrogen) atoms. The average molecular weight is 612 g/mol. The molecule has 0 aliphatic carbocycles. The minimum Gasteiger partial charge on any atom is -0.247 e. The fraction of sp³-hybridized carbons (Fsp3) is 0. The second-order valence-corrected chi connectivity index (χ2v) is 12.0. The quantitative estimate of drug-likeness (QED) is 0.182. The minimum atomic E-state index is 0.697. The molecular formula is C45H29N3. The molecule has 0 unspecified atom stereocenters. The van der Waals surface area contributed by atoms with Crippen molar-refractivity contribution in [2.75, 3.05) is 0 Å². The molecule has 7 aromatic carbocycles. The molecule has 3 heteroatoms. The molecule has 0 bridgehead atoms. The number of rotatable bonds is 5. The summed E-state index contributed by atoms with van der Waals surface area (Å²) in [6.45, 7) is 0. The van der Waals surface area contributed by atoms with Gasteiger partial charge in [0.1, 0.15) is 0 Å². The van der Waals surface area contributed by atoms with Gasteiger partial charge in [0, 0.05) is 38.4 Å². The Hall–Kier alpha value is -6.45. The van der Waals surface area contributed by atoms with E-state index in [1.807, 2.05) is 36.4 Å². The SMILES string of the molecule is c1ccc(-c2cc(-c3ccccc3)nc(-c3cccc(-c4cccc(-c5nc6ccccc6c6c5ccc5ccccc56)c4)c3)n2)cc1. The maximum Gasteiger partial charge on any atom is 0.160 e. The number of hydrogen-bond acceptors (Lipinski definition) is 3. The second kappa shape index (κ2) is 11.7. The van der Waals surface area contributed by atoms with Gasteiger partial charge in [-0.15, -0.1) is 0 Å². The van der Waals surface area contributed by atoms with Crippen molar-refractivity contribution < 1.29 is 0 Å². The zero-order chi connectivity index (χ0) is 31.9. The molecule has 0 amide bonds. The molecular weight excluding hydrogens is 583 g/mol. The fourth-order valence-electron chi connectivity index (χ4n) is 6.72.